The number of rotatable bonds is 4. The molecule has 114 valence electrons. The number of aliphatic carboxylic acids is 1. The molecule has 0 saturated heterocycles. The topological polar surface area (TPSA) is 110 Å². The van der Waals surface area contributed by atoms with Gasteiger partial charge in [-0.25, -0.2) is 8.42 Å². The average Bonchev–Trinajstić information content (AvgIpc) is 2.92. The van der Waals surface area contributed by atoms with Crippen LogP contribution in [0.25, 0.3) is 0 Å². The van der Waals surface area contributed by atoms with E-state index in [1.165, 1.54) is 0 Å². The number of ether oxygens (including phenoxy) is 2. The molecule has 0 bridgehead atoms. The van der Waals surface area contributed by atoms with Crippen LogP contribution in [0.4, 0.5) is 0 Å². The maximum absolute atomic E-state index is 11.9. The van der Waals surface area contributed by atoms with Crippen molar-refractivity contribution in [3.63, 3.8) is 0 Å². The molecule has 0 aromatic heterocycles. The van der Waals surface area contributed by atoms with Gasteiger partial charge in [0.25, 0.3) is 0 Å². The third kappa shape index (κ3) is 1.90. The first-order chi connectivity index (χ1) is 9.82. The molecule has 1 aliphatic carbocycles. The van der Waals surface area contributed by atoms with E-state index < -0.39 is 39.0 Å². The van der Waals surface area contributed by atoms with Crippen molar-refractivity contribution >= 4 is 15.8 Å². The summed E-state index contributed by atoms with van der Waals surface area (Å²) in [6.07, 6.45) is 0.984. The van der Waals surface area contributed by atoms with E-state index in [1.54, 1.807) is 18.2 Å². The van der Waals surface area contributed by atoms with Gasteiger partial charge in [-0.1, -0.05) is 6.07 Å². The molecule has 1 aromatic carbocycles. The van der Waals surface area contributed by atoms with Gasteiger partial charge in [0, 0.05) is 12.2 Å². The van der Waals surface area contributed by atoms with Gasteiger partial charge in [-0.2, -0.15) is 0 Å². The Morgan fingerprint density at radius 3 is 2.57 bits per heavy atom. The maximum atomic E-state index is 11.9. The first kappa shape index (κ1) is 14.2. The van der Waals surface area contributed by atoms with Gasteiger partial charge >= 0.3 is 5.97 Å². The Morgan fingerprint density at radius 2 is 2.05 bits per heavy atom. The van der Waals surface area contributed by atoms with Crippen LogP contribution in [0.5, 0.6) is 11.5 Å². The number of benzene rings is 1. The number of aliphatic hydroxyl groups excluding tert-OH is 1. The van der Waals surface area contributed by atoms with Gasteiger partial charge in [-0.15, -0.1) is 0 Å². The van der Waals surface area contributed by atoms with Crippen LogP contribution >= 0.6 is 0 Å². The Hall–Kier alpha value is -1.80. The SMILES string of the molecule is CS(=O)(=O)C1C(c2ccc3c(c2)OCO3)C1(CO)C(=O)O. The molecule has 3 unspecified atom stereocenters. The van der Waals surface area contributed by atoms with Crippen LogP contribution in [-0.4, -0.2) is 49.5 Å². The average molecular weight is 314 g/mol. The first-order valence-corrected chi connectivity index (χ1v) is 8.20. The molecule has 1 aliphatic heterocycles. The van der Waals surface area contributed by atoms with Crippen LogP contribution in [0.1, 0.15) is 11.5 Å². The second kappa shape index (κ2) is 4.35. The molecule has 2 aliphatic rings. The van der Waals surface area contributed by atoms with Crippen LogP contribution < -0.4 is 9.47 Å². The Morgan fingerprint density at radius 1 is 1.38 bits per heavy atom. The minimum atomic E-state index is -3.62. The summed E-state index contributed by atoms with van der Waals surface area (Å²) >= 11 is 0. The number of carbonyl (C=O) groups is 1. The molecular formula is C13H14O7S. The van der Waals surface area contributed by atoms with E-state index >= 15 is 0 Å². The van der Waals surface area contributed by atoms with Gasteiger partial charge in [0.1, 0.15) is 5.41 Å². The summed E-state index contributed by atoms with van der Waals surface area (Å²) in [6, 6.07) is 4.79. The smallest absolute Gasteiger partial charge is 0.314 e. The maximum Gasteiger partial charge on any atom is 0.314 e. The fourth-order valence-corrected chi connectivity index (χ4v) is 5.03. The van der Waals surface area contributed by atoms with Crippen molar-refractivity contribution in [2.45, 2.75) is 11.2 Å². The zero-order valence-corrected chi connectivity index (χ0v) is 12.0. The van der Waals surface area contributed by atoms with Gasteiger partial charge in [0.05, 0.1) is 11.9 Å². The van der Waals surface area contributed by atoms with Crippen LogP contribution in [0.15, 0.2) is 18.2 Å². The van der Waals surface area contributed by atoms with Gasteiger partial charge < -0.3 is 19.7 Å². The van der Waals surface area contributed by atoms with Crippen molar-refractivity contribution in [3.8, 4) is 11.5 Å². The minimum absolute atomic E-state index is 0.0725. The van der Waals surface area contributed by atoms with Crippen LogP contribution in [0.3, 0.4) is 0 Å². The van der Waals surface area contributed by atoms with Crippen molar-refractivity contribution < 1.29 is 32.9 Å². The summed E-state index contributed by atoms with van der Waals surface area (Å²) in [7, 11) is -3.62. The number of hydrogen-bond acceptors (Lipinski definition) is 6. The van der Waals surface area contributed by atoms with Crippen molar-refractivity contribution in [2.75, 3.05) is 19.7 Å². The van der Waals surface area contributed by atoms with E-state index in [9.17, 15) is 23.4 Å². The third-order valence-electron chi connectivity index (χ3n) is 4.13. The van der Waals surface area contributed by atoms with E-state index in [0.29, 0.717) is 17.1 Å². The second-order valence-corrected chi connectivity index (χ2v) is 7.51. The molecule has 1 saturated carbocycles. The Bertz CT molecular complexity index is 711. The highest BCUT2D eigenvalue weighted by atomic mass is 32.2. The van der Waals surface area contributed by atoms with E-state index in [1.807, 2.05) is 0 Å². The van der Waals surface area contributed by atoms with Crippen LogP contribution in [0, 0.1) is 5.41 Å². The zero-order chi connectivity index (χ0) is 15.4. The third-order valence-corrected chi connectivity index (χ3v) is 5.75. The Balaban J connectivity index is 2.06. The second-order valence-electron chi connectivity index (χ2n) is 5.34. The van der Waals surface area contributed by atoms with Gasteiger partial charge in [-0.05, 0) is 17.7 Å². The number of hydrogen-bond donors (Lipinski definition) is 2. The lowest BCUT2D eigenvalue weighted by Gasteiger charge is -2.08. The van der Waals surface area contributed by atoms with Crippen molar-refractivity contribution in [3.05, 3.63) is 23.8 Å². The molecule has 21 heavy (non-hydrogen) atoms. The first-order valence-electron chi connectivity index (χ1n) is 6.25. The fourth-order valence-electron chi connectivity index (χ4n) is 3.12. The molecule has 8 heteroatoms. The molecule has 1 aromatic rings. The quantitative estimate of drug-likeness (QED) is 0.804. The number of sulfone groups is 1. The van der Waals surface area contributed by atoms with Crippen LogP contribution in [-0.2, 0) is 14.6 Å². The normalized spacial score (nSPS) is 30.2. The summed E-state index contributed by atoms with van der Waals surface area (Å²) in [4.78, 5) is 11.5. The summed E-state index contributed by atoms with van der Waals surface area (Å²) in [5.41, 5.74) is -1.19. The van der Waals surface area contributed by atoms with Crippen molar-refractivity contribution in [1.29, 1.82) is 0 Å². The molecule has 3 atom stereocenters. The highest BCUT2D eigenvalue weighted by Gasteiger charge is 2.74. The highest BCUT2D eigenvalue weighted by Crippen LogP contribution is 2.63. The molecule has 3 rings (SSSR count). The van der Waals surface area contributed by atoms with E-state index in [-0.39, 0.29) is 6.79 Å². The summed E-state index contributed by atoms with van der Waals surface area (Å²) in [6.45, 7) is -0.664. The summed E-state index contributed by atoms with van der Waals surface area (Å²) < 4.78 is 34.1. The molecule has 0 amide bonds. The summed E-state index contributed by atoms with van der Waals surface area (Å²) in [5.74, 6) is -1.14. The largest absolute Gasteiger partial charge is 0.481 e. The Kier molecular flexibility index (Phi) is 2.93. The fraction of sp³-hybridized carbons (Fsp3) is 0.462. The van der Waals surface area contributed by atoms with Crippen molar-refractivity contribution in [1.82, 2.24) is 0 Å². The van der Waals surface area contributed by atoms with E-state index in [4.69, 9.17) is 9.47 Å². The predicted molar refractivity (Wildman–Crippen MR) is 71.1 cm³/mol. The Labute approximate surface area is 121 Å². The van der Waals surface area contributed by atoms with E-state index in [2.05, 4.69) is 0 Å². The van der Waals surface area contributed by atoms with Gasteiger partial charge in [-0.3, -0.25) is 4.79 Å². The van der Waals surface area contributed by atoms with E-state index in [0.717, 1.165) is 6.26 Å². The monoisotopic (exact) mass is 314 g/mol. The van der Waals surface area contributed by atoms with Gasteiger partial charge in [0.15, 0.2) is 21.3 Å². The van der Waals surface area contributed by atoms with Crippen molar-refractivity contribution in [2.24, 2.45) is 5.41 Å². The standard InChI is InChI=1S/C13H14O7S/c1-21(17,18)11-10(13(11,5-14)12(15)16)7-2-3-8-9(4-7)20-6-19-8/h2-4,10-11,14H,5-6H2,1H3,(H,15,16). The lowest BCUT2D eigenvalue weighted by Crippen LogP contribution is -2.27. The lowest BCUT2D eigenvalue weighted by atomic mass is 10.00. The van der Waals surface area contributed by atoms with Gasteiger partial charge in [0.2, 0.25) is 6.79 Å². The summed E-state index contributed by atoms with van der Waals surface area (Å²) in [5, 5.41) is 17.7. The highest BCUT2D eigenvalue weighted by molar-refractivity contribution is 7.91. The van der Waals surface area contributed by atoms with Crippen LogP contribution in [0.2, 0.25) is 0 Å². The number of carboxylic acids is 1. The molecule has 1 heterocycles. The molecule has 0 radical (unpaired) electrons. The predicted octanol–water partition coefficient (Wildman–Crippen LogP) is -0.0110. The number of aliphatic hydroxyl groups is 1. The molecule has 7 nitrogen and oxygen atoms in total. The minimum Gasteiger partial charge on any atom is -0.481 e. The molecule has 1 fully saturated rings. The zero-order valence-electron chi connectivity index (χ0n) is 11.1. The molecular weight excluding hydrogens is 300 g/mol. The number of fused-ring (bicyclic) bond motifs is 1. The lowest BCUT2D eigenvalue weighted by molar-refractivity contribution is -0.145. The number of carboxylic acid groups (broad SMARTS) is 1. The molecule has 0 spiro atoms. The molecule has 2 N–H and O–H groups in total.